The fraction of sp³-hybridized carbons (Fsp3) is 0.767. The molecule has 0 N–H and O–H groups in total. The Balaban J connectivity index is 4.48. The predicted molar refractivity (Wildman–Crippen MR) is 217 cm³/mol. The molecule has 0 aromatic rings. The van der Waals surface area contributed by atoms with Crippen LogP contribution in [0.15, 0.2) is 48.6 Å². The van der Waals surface area contributed by atoms with Gasteiger partial charge in [-0.2, -0.15) is 0 Å². The van der Waals surface area contributed by atoms with Crippen LogP contribution in [0.4, 0.5) is 0 Å². The van der Waals surface area contributed by atoms with Crippen LogP contribution in [-0.4, -0.2) is 70.0 Å². The number of carbonyl (C=O) groups is 2. The fourth-order valence-corrected chi connectivity index (χ4v) is 5.98. The third kappa shape index (κ3) is 39.5. The Bertz CT molecular complexity index is 1050. The average Bonchev–Trinajstić information content (AvgIpc) is 3.10. The van der Waals surface area contributed by atoms with Gasteiger partial charge < -0.3 is 27.9 Å². The molecule has 0 heterocycles. The van der Waals surface area contributed by atoms with Gasteiger partial charge in [0.05, 0.1) is 27.7 Å². The van der Waals surface area contributed by atoms with Crippen molar-refractivity contribution in [3.05, 3.63) is 48.6 Å². The molecule has 10 heteroatoms. The van der Waals surface area contributed by atoms with Crippen molar-refractivity contribution in [2.45, 2.75) is 168 Å². The number of quaternary nitrogens is 1. The number of likely N-dealkylation sites (N-methyl/N-ethyl adjacent to an activating group) is 1. The van der Waals surface area contributed by atoms with Crippen molar-refractivity contribution in [1.82, 2.24) is 0 Å². The van der Waals surface area contributed by atoms with Crippen LogP contribution in [0.1, 0.15) is 162 Å². The summed E-state index contributed by atoms with van der Waals surface area (Å²) in [7, 11) is 1.13. The first-order valence-electron chi connectivity index (χ1n) is 20.8. The summed E-state index contributed by atoms with van der Waals surface area (Å²) in [6.07, 6.45) is 40.0. The molecule has 0 aliphatic carbocycles. The lowest BCUT2D eigenvalue weighted by molar-refractivity contribution is -0.870. The number of phosphoric acid groups is 1. The quantitative estimate of drug-likeness (QED) is 0.0202. The summed E-state index contributed by atoms with van der Waals surface area (Å²) in [5.74, 6) is -0.910. The minimum Gasteiger partial charge on any atom is -0.756 e. The molecule has 0 aliphatic heterocycles. The number of hydrogen-bond acceptors (Lipinski definition) is 8. The van der Waals surface area contributed by atoms with E-state index in [9.17, 15) is 19.0 Å². The summed E-state index contributed by atoms with van der Waals surface area (Å²) in [5.41, 5.74) is 0. The topological polar surface area (TPSA) is 111 Å². The van der Waals surface area contributed by atoms with Gasteiger partial charge in [0, 0.05) is 12.8 Å². The van der Waals surface area contributed by atoms with Crippen molar-refractivity contribution in [1.29, 1.82) is 0 Å². The van der Waals surface area contributed by atoms with Gasteiger partial charge >= 0.3 is 11.9 Å². The number of rotatable bonds is 37. The fourth-order valence-electron chi connectivity index (χ4n) is 5.25. The summed E-state index contributed by atoms with van der Waals surface area (Å²) in [6.45, 7) is 4.11. The zero-order chi connectivity index (χ0) is 39.3. The second-order valence-corrected chi connectivity index (χ2v) is 16.4. The Morgan fingerprint density at radius 3 is 1.62 bits per heavy atom. The van der Waals surface area contributed by atoms with E-state index in [1.54, 1.807) is 0 Å². The molecule has 0 aliphatic rings. The lowest BCUT2D eigenvalue weighted by Gasteiger charge is -2.28. The first-order valence-corrected chi connectivity index (χ1v) is 22.3. The van der Waals surface area contributed by atoms with Crippen molar-refractivity contribution in [2.75, 3.05) is 47.5 Å². The summed E-state index contributed by atoms with van der Waals surface area (Å²) in [5, 5.41) is 0. The Morgan fingerprint density at radius 1 is 0.585 bits per heavy atom. The molecule has 0 bridgehead atoms. The van der Waals surface area contributed by atoms with Crippen LogP contribution in [0.5, 0.6) is 0 Å². The summed E-state index contributed by atoms with van der Waals surface area (Å²) >= 11 is 0. The molecule has 0 aromatic carbocycles. The molecule has 0 fully saturated rings. The van der Waals surface area contributed by atoms with E-state index in [-0.39, 0.29) is 26.1 Å². The van der Waals surface area contributed by atoms with E-state index in [1.807, 2.05) is 21.1 Å². The van der Waals surface area contributed by atoms with Crippen molar-refractivity contribution >= 4 is 19.8 Å². The van der Waals surface area contributed by atoms with Crippen molar-refractivity contribution in [2.24, 2.45) is 0 Å². The van der Waals surface area contributed by atoms with Gasteiger partial charge in [-0.3, -0.25) is 14.2 Å². The van der Waals surface area contributed by atoms with Gasteiger partial charge in [-0.25, -0.2) is 0 Å². The Hall–Kier alpha value is -2.03. The molecule has 0 aromatic heterocycles. The Kier molecular flexibility index (Phi) is 34.3. The van der Waals surface area contributed by atoms with Gasteiger partial charge in [0.2, 0.25) is 0 Å². The van der Waals surface area contributed by atoms with Crippen LogP contribution in [0.25, 0.3) is 0 Å². The Labute approximate surface area is 324 Å². The maximum atomic E-state index is 12.6. The number of carbonyl (C=O) groups excluding carboxylic acids is 2. The monoisotopic (exact) mass is 768 g/mol. The maximum absolute atomic E-state index is 12.6. The molecule has 0 saturated carbocycles. The van der Waals surface area contributed by atoms with Gasteiger partial charge in [-0.05, 0) is 70.6 Å². The summed E-state index contributed by atoms with van der Waals surface area (Å²) in [4.78, 5) is 37.4. The number of ether oxygens (including phenoxy) is 2. The molecule has 1 unspecified atom stereocenters. The molecule has 9 nitrogen and oxygen atoms in total. The SMILES string of the molecule is CCCCC/C=C/CCCCCCCC(=O)O[C@@H](COC(=O)CCC/C=C/C/C=C/C/C=C/CCCCCCCC)COP(=O)([O-])OCC[N+](C)(C)C. The van der Waals surface area contributed by atoms with E-state index in [1.165, 1.54) is 57.8 Å². The van der Waals surface area contributed by atoms with E-state index in [0.717, 1.165) is 64.2 Å². The summed E-state index contributed by atoms with van der Waals surface area (Å²) < 4.78 is 33.7. The van der Waals surface area contributed by atoms with Crippen LogP contribution in [0.3, 0.4) is 0 Å². The van der Waals surface area contributed by atoms with Crippen LogP contribution < -0.4 is 4.89 Å². The molecular weight excluding hydrogens is 689 g/mol. The Morgan fingerprint density at radius 2 is 1.04 bits per heavy atom. The second kappa shape index (κ2) is 35.7. The molecule has 0 spiro atoms. The van der Waals surface area contributed by atoms with Gasteiger partial charge in [0.25, 0.3) is 7.82 Å². The molecule has 0 rings (SSSR count). The first kappa shape index (κ1) is 51.0. The number of allylic oxidation sites excluding steroid dienone is 8. The minimum absolute atomic E-state index is 0.0413. The van der Waals surface area contributed by atoms with Crippen LogP contribution in [0, 0.1) is 0 Å². The van der Waals surface area contributed by atoms with Crippen molar-refractivity contribution in [3.8, 4) is 0 Å². The van der Waals surface area contributed by atoms with Gasteiger partial charge in [-0.15, -0.1) is 0 Å². The highest BCUT2D eigenvalue weighted by Gasteiger charge is 2.21. The van der Waals surface area contributed by atoms with E-state index >= 15 is 0 Å². The summed E-state index contributed by atoms with van der Waals surface area (Å²) in [6, 6.07) is 0. The minimum atomic E-state index is -4.63. The third-order valence-corrected chi connectivity index (χ3v) is 9.54. The molecule has 0 saturated heterocycles. The zero-order valence-corrected chi connectivity index (χ0v) is 35.3. The number of hydrogen-bond donors (Lipinski definition) is 0. The molecule has 308 valence electrons. The lowest BCUT2D eigenvalue weighted by atomic mass is 10.1. The average molecular weight is 768 g/mol. The molecule has 53 heavy (non-hydrogen) atoms. The van der Waals surface area contributed by atoms with E-state index in [2.05, 4.69) is 62.5 Å². The maximum Gasteiger partial charge on any atom is 0.306 e. The molecule has 0 radical (unpaired) electrons. The highest BCUT2D eigenvalue weighted by atomic mass is 31.2. The number of unbranched alkanes of at least 4 members (excludes halogenated alkanes) is 15. The van der Waals surface area contributed by atoms with E-state index in [0.29, 0.717) is 23.9 Å². The van der Waals surface area contributed by atoms with Crippen LogP contribution >= 0.6 is 7.82 Å². The normalized spacial score (nSPS) is 14.2. The molecular formula is C43H78NO8P. The van der Waals surface area contributed by atoms with Crippen LogP contribution in [0.2, 0.25) is 0 Å². The number of nitrogens with zero attached hydrogens (tertiary/aromatic N) is 1. The van der Waals surface area contributed by atoms with E-state index in [4.69, 9.17) is 18.5 Å². The van der Waals surface area contributed by atoms with Crippen molar-refractivity contribution < 1.29 is 42.1 Å². The smallest absolute Gasteiger partial charge is 0.306 e. The first-order chi connectivity index (χ1) is 25.5. The standard InChI is InChI=1S/C43H78NO8P/c1-6-8-10-12-14-16-18-20-21-22-23-24-26-27-29-31-33-35-42(45)49-39-41(40-51-53(47,48)50-38-37-44(3,4)5)52-43(46)36-34-32-30-28-25-19-17-15-13-11-9-7-2/h15,17,20-21,23-24,27,29,41H,6-14,16,18-19,22,25-26,28,30-40H2,1-5H3/b17-15+,21-20+,24-23+,29-27+/t41-/m0/s1. The number of phosphoric ester groups is 1. The number of esters is 2. The zero-order valence-electron chi connectivity index (χ0n) is 34.4. The van der Waals surface area contributed by atoms with Gasteiger partial charge in [-0.1, -0.05) is 127 Å². The second-order valence-electron chi connectivity index (χ2n) is 15.0. The van der Waals surface area contributed by atoms with Crippen LogP contribution in [-0.2, 0) is 32.7 Å². The van der Waals surface area contributed by atoms with Gasteiger partial charge in [0.15, 0.2) is 6.10 Å². The largest absolute Gasteiger partial charge is 0.756 e. The van der Waals surface area contributed by atoms with Gasteiger partial charge in [0.1, 0.15) is 19.8 Å². The van der Waals surface area contributed by atoms with E-state index < -0.39 is 32.5 Å². The van der Waals surface area contributed by atoms with Crippen molar-refractivity contribution in [3.63, 3.8) is 0 Å². The molecule has 0 amide bonds. The predicted octanol–water partition coefficient (Wildman–Crippen LogP) is 10.9. The highest BCUT2D eigenvalue weighted by Crippen LogP contribution is 2.38. The highest BCUT2D eigenvalue weighted by molar-refractivity contribution is 7.45. The molecule has 2 atom stereocenters. The lowest BCUT2D eigenvalue weighted by Crippen LogP contribution is -2.37. The third-order valence-electron chi connectivity index (χ3n) is 8.57.